The number of hydrogen-bond donors (Lipinski definition) is 3. The van der Waals surface area contributed by atoms with Crippen LogP contribution >= 0.6 is 0 Å². The molecule has 0 unspecified atom stereocenters. The molecule has 3 rings (SSSR count). The second-order valence-electron chi connectivity index (χ2n) is 6.09. The molecule has 1 heterocycles. The molecule has 3 aliphatic rings. The highest BCUT2D eigenvalue weighted by Gasteiger charge is 2.51. The average Bonchev–Trinajstić information content (AvgIpc) is 3.03. The molecule has 6 heteroatoms. The van der Waals surface area contributed by atoms with Crippen molar-refractivity contribution in [3.63, 3.8) is 0 Å². The first-order chi connectivity index (χ1) is 8.59. The number of amides is 1. The molecule has 1 aliphatic heterocycles. The number of carbonyl (C=O) groups excluding carboxylic acids is 1. The van der Waals surface area contributed by atoms with Gasteiger partial charge in [0, 0.05) is 12.6 Å². The third-order valence-corrected chi connectivity index (χ3v) is 5.19. The zero-order valence-electron chi connectivity index (χ0n) is 10.5. The fraction of sp³-hybridized carbons (Fsp3) is 0.917. The van der Waals surface area contributed by atoms with E-state index < -0.39 is 13.1 Å². The zero-order valence-corrected chi connectivity index (χ0v) is 10.5. The van der Waals surface area contributed by atoms with E-state index in [4.69, 9.17) is 5.73 Å². The van der Waals surface area contributed by atoms with E-state index in [1.165, 1.54) is 0 Å². The van der Waals surface area contributed by atoms with Gasteiger partial charge in [-0.1, -0.05) is 0 Å². The van der Waals surface area contributed by atoms with Crippen LogP contribution in [0.4, 0.5) is 0 Å². The summed E-state index contributed by atoms with van der Waals surface area (Å²) < 4.78 is 0. The summed E-state index contributed by atoms with van der Waals surface area (Å²) in [4.78, 5) is 14.2. The highest BCUT2D eigenvalue weighted by atomic mass is 16.4. The molecule has 2 bridgehead atoms. The highest BCUT2D eigenvalue weighted by molar-refractivity contribution is 6.43. The molecule has 5 atom stereocenters. The summed E-state index contributed by atoms with van der Waals surface area (Å²) in [7, 11) is -1.42. The highest BCUT2D eigenvalue weighted by Crippen LogP contribution is 2.48. The van der Waals surface area contributed by atoms with Crippen molar-refractivity contribution in [1.82, 2.24) is 4.90 Å². The molecule has 18 heavy (non-hydrogen) atoms. The first-order valence-corrected chi connectivity index (χ1v) is 7.02. The molecule has 3 fully saturated rings. The Bertz CT molecular complexity index is 350. The maximum atomic E-state index is 12.6. The molecule has 0 aromatic rings. The van der Waals surface area contributed by atoms with Gasteiger partial charge in [-0.15, -0.1) is 0 Å². The van der Waals surface area contributed by atoms with Crippen LogP contribution in [0.5, 0.6) is 0 Å². The average molecular weight is 252 g/mol. The number of nitrogens with zero attached hydrogens (tertiary/aromatic N) is 1. The van der Waals surface area contributed by atoms with Crippen LogP contribution < -0.4 is 5.73 Å². The van der Waals surface area contributed by atoms with E-state index in [2.05, 4.69) is 0 Å². The number of rotatable bonds is 2. The molecule has 1 amide bonds. The molecular weight excluding hydrogens is 231 g/mol. The van der Waals surface area contributed by atoms with E-state index in [0.29, 0.717) is 24.8 Å². The van der Waals surface area contributed by atoms with Crippen LogP contribution in [0.1, 0.15) is 32.1 Å². The smallest absolute Gasteiger partial charge is 0.426 e. The molecule has 1 saturated heterocycles. The van der Waals surface area contributed by atoms with Gasteiger partial charge in [0.2, 0.25) is 5.91 Å². The van der Waals surface area contributed by atoms with Crippen molar-refractivity contribution in [2.75, 3.05) is 6.54 Å². The Balaban J connectivity index is 1.74. The van der Waals surface area contributed by atoms with Gasteiger partial charge < -0.3 is 20.7 Å². The molecule has 0 spiro atoms. The molecule has 0 aromatic heterocycles. The first kappa shape index (κ1) is 12.4. The van der Waals surface area contributed by atoms with Crippen LogP contribution in [-0.2, 0) is 4.79 Å². The van der Waals surface area contributed by atoms with Crippen LogP contribution in [0.3, 0.4) is 0 Å². The normalized spacial score (nSPS) is 42.6. The molecule has 0 radical (unpaired) electrons. The monoisotopic (exact) mass is 252 g/mol. The lowest BCUT2D eigenvalue weighted by atomic mass is 9.76. The minimum Gasteiger partial charge on any atom is -0.426 e. The largest absolute Gasteiger partial charge is 0.475 e. The van der Waals surface area contributed by atoms with Crippen molar-refractivity contribution in [2.45, 2.75) is 44.1 Å². The van der Waals surface area contributed by atoms with E-state index in [1.54, 1.807) is 4.90 Å². The number of fused-ring (bicyclic) bond motifs is 2. The second-order valence-corrected chi connectivity index (χ2v) is 6.09. The quantitative estimate of drug-likeness (QED) is 0.571. The number of hydrogen-bond acceptors (Lipinski definition) is 4. The molecule has 4 N–H and O–H groups in total. The SMILES string of the molecule is N[C@@H]1[C@@H]2CC[C@@H](C2)[C@@H]1C(=O)N1CCC[C@H]1B(O)O. The summed E-state index contributed by atoms with van der Waals surface area (Å²) in [6, 6.07) is -0.0201. The molecule has 100 valence electrons. The van der Waals surface area contributed by atoms with Gasteiger partial charge in [0.05, 0.1) is 11.9 Å². The van der Waals surface area contributed by atoms with Gasteiger partial charge >= 0.3 is 7.12 Å². The first-order valence-electron chi connectivity index (χ1n) is 7.02. The number of likely N-dealkylation sites (tertiary alicyclic amines) is 1. The van der Waals surface area contributed by atoms with E-state index in [-0.39, 0.29) is 17.9 Å². The fourth-order valence-electron chi connectivity index (χ4n) is 4.27. The van der Waals surface area contributed by atoms with E-state index >= 15 is 0 Å². The third-order valence-electron chi connectivity index (χ3n) is 5.19. The Hall–Kier alpha value is -0.585. The Kier molecular flexibility index (Phi) is 3.12. The Labute approximate surface area is 107 Å². The summed E-state index contributed by atoms with van der Waals surface area (Å²) in [5, 5.41) is 18.7. The van der Waals surface area contributed by atoms with Gasteiger partial charge in [-0.25, -0.2) is 0 Å². The van der Waals surface area contributed by atoms with E-state index in [0.717, 1.165) is 25.7 Å². The van der Waals surface area contributed by atoms with Crippen molar-refractivity contribution in [1.29, 1.82) is 0 Å². The summed E-state index contributed by atoms with van der Waals surface area (Å²) >= 11 is 0. The van der Waals surface area contributed by atoms with Crippen molar-refractivity contribution < 1.29 is 14.8 Å². The molecule has 2 saturated carbocycles. The lowest BCUT2D eigenvalue weighted by Crippen LogP contribution is -2.52. The molecule has 0 aromatic carbocycles. The fourth-order valence-corrected chi connectivity index (χ4v) is 4.27. The predicted octanol–water partition coefficient (Wildman–Crippen LogP) is -0.637. The summed E-state index contributed by atoms with van der Waals surface area (Å²) in [6.45, 7) is 0.641. The molecule has 2 aliphatic carbocycles. The summed E-state index contributed by atoms with van der Waals surface area (Å²) in [6.07, 6.45) is 4.87. The standard InChI is InChI=1S/C12H21BN2O3/c14-11-8-4-3-7(6-8)10(11)12(16)15-5-1-2-9(15)13(17)18/h7-11,17-18H,1-6,14H2/t7-,8+,9-,10-,11+/m0/s1. The van der Waals surface area contributed by atoms with Gasteiger partial charge in [-0.2, -0.15) is 0 Å². The van der Waals surface area contributed by atoms with Crippen LogP contribution in [0.2, 0.25) is 0 Å². The van der Waals surface area contributed by atoms with Crippen LogP contribution in [0.15, 0.2) is 0 Å². The van der Waals surface area contributed by atoms with Crippen molar-refractivity contribution in [3.8, 4) is 0 Å². The minimum atomic E-state index is -1.42. The molecular formula is C12H21BN2O3. The zero-order chi connectivity index (χ0) is 12.9. The topological polar surface area (TPSA) is 86.8 Å². The van der Waals surface area contributed by atoms with E-state index in [9.17, 15) is 14.8 Å². The number of nitrogens with two attached hydrogens (primary N) is 1. The Morgan fingerprint density at radius 3 is 2.56 bits per heavy atom. The molecule has 5 nitrogen and oxygen atoms in total. The Morgan fingerprint density at radius 2 is 1.94 bits per heavy atom. The third kappa shape index (κ3) is 1.78. The van der Waals surface area contributed by atoms with E-state index in [1.807, 2.05) is 0 Å². The predicted molar refractivity (Wildman–Crippen MR) is 67.2 cm³/mol. The summed E-state index contributed by atoms with van der Waals surface area (Å²) in [5.74, 6) is 0.482. The maximum absolute atomic E-state index is 12.6. The van der Waals surface area contributed by atoms with Crippen LogP contribution in [0, 0.1) is 17.8 Å². The maximum Gasteiger partial charge on any atom is 0.475 e. The van der Waals surface area contributed by atoms with Gasteiger partial charge in [0.1, 0.15) is 0 Å². The van der Waals surface area contributed by atoms with Crippen molar-refractivity contribution in [3.05, 3.63) is 0 Å². The van der Waals surface area contributed by atoms with Crippen LogP contribution in [0.25, 0.3) is 0 Å². The number of carbonyl (C=O) groups is 1. The second kappa shape index (κ2) is 4.51. The Morgan fingerprint density at radius 1 is 1.22 bits per heavy atom. The van der Waals surface area contributed by atoms with Crippen molar-refractivity contribution in [2.24, 2.45) is 23.5 Å². The summed E-state index contributed by atoms with van der Waals surface area (Å²) in [5.41, 5.74) is 6.18. The minimum absolute atomic E-state index is 0.0201. The van der Waals surface area contributed by atoms with Gasteiger partial charge in [-0.05, 0) is 43.9 Å². The van der Waals surface area contributed by atoms with Gasteiger partial charge in [0.15, 0.2) is 0 Å². The van der Waals surface area contributed by atoms with Gasteiger partial charge in [-0.3, -0.25) is 4.79 Å². The van der Waals surface area contributed by atoms with Crippen LogP contribution in [-0.4, -0.2) is 46.5 Å². The lowest BCUT2D eigenvalue weighted by Gasteiger charge is -2.33. The van der Waals surface area contributed by atoms with Gasteiger partial charge in [0.25, 0.3) is 0 Å². The lowest BCUT2D eigenvalue weighted by molar-refractivity contribution is -0.137. The van der Waals surface area contributed by atoms with Crippen molar-refractivity contribution >= 4 is 13.0 Å².